The van der Waals surface area contributed by atoms with Crippen LogP contribution in [0, 0.1) is 0 Å². The van der Waals surface area contributed by atoms with Crippen molar-refractivity contribution in [2.24, 2.45) is 0 Å². The first kappa shape index (κ1) is 17.6. The van der Waals surface area contributed by atoms with Crippen LogP contribution < -0.4 is 14.2 Å². The van der Waals surface area contributed by atoms with Gasteiger partial charge in [0.25, 0.3) is 0 Å². The van der Waals surface area contributed by atoms with Gasteiger partial charge in [0.1, 0.15) is 0 Å². The molecule has 136 valence electrons. The van der Waals surface area contributed by atoms with Gasteiger partial charge in [-0.2, -0.15) is 5.10 Å². The van der Waals surface area contributed by atoms with Crippen molar-refractivity contribution in [3.05, 3.63) is 23.4 Å². The highest BCUT2D eigenvalue weighted by Crippen LogP contribution is 2.42. The van der Waals surface area contributed by atoms with Crippen LogP contribution in [0.15, 0.2) is 12.1 Å². The molecule has 25 heavy (non-hydrogen) atoms. The van der Waals surface area contributed by atoms with Gasteiger partial charge in [0.15, 0.2) is 11.5 Å². The van der Waals surface area contributed by atoms with E-state index in [1.807, 2.05) is 19.1 Å². The maximum Gasteiger partial charge on any atom is 0.203 e. The molecule has 1 aromatic carbocycles. The Morgan fingerprint density at radius 1 is 1.16 bits per heavy atom. The summed E-state index contributed by atoms with van der Waals surface area (Å²) < 4.78 is 16.8. The van der Waals surface area contributed by atoms with Gasteiger partial charge in [0.2, 0.25) is 5.75 Å². The molecule has 0 atom stereocenters. The predicted octanol–water partition coefficient (Wildman–Crippen LogP) is 3.26. The molecular formula is C19H27N3O3. The van der Waals surface area contributed by atoms with Gasteiger partial charge in [-0.3, -0.25) is 10.00 Å². The Bertz CT molecular complexity index is 702. The largest absolute Gasteiger partial charge is 0.493 e. The lowest BCUT2D eigenvalue weighted by Crippen LogP contribution is -2.31. The lowest BCUT2D eigenvalue weighted by atomic mass is 10.00. The Hall–Kier alpha value is -2.21. The molecule has 0 aliphatic carbocycles. The summed E-state index contributed by atoms with van der Waals surface area (Å²) in [7, 11) is 3.29. The first-order valence-electron chi connectivity index (χ1n) is 8.89. The Balaban J connectivity index is 2.02. The fourth-order valence-corrected chi connectivity index (χ4v) is 3.40. The lowest BCUT2D eigenvalue weighted by Gasteiger charge is -2.26. The summed E-state index contributed by atoms with van der Waals surface area (Å²) in [5, 5.41) is 7.80. The zero-order chi connectivity index (χ0) is 17.8. The van der Waals surface area contributed by atoms with Crippen LogP contribution in [0.4, 0.5) is 0 Å². The van der Waals surface area contributed by atoms with Gasteiger partial charge in [-0.1, -0.05) is 6.92 Å². The number of H-pyrrole nitrogens is 1. The predicted molar refractivity (Wildman–Crippen MR) is 97.6 cm³/mol. The van der Waals surface area contributed by atoms with Gasteiger partial charge >= 0.3 is 0 Å². The molecule has 0 saturated heterocycles. The second kappa shape index (κ2) is 7.78. The van der Waals surface area contributed by atoms with Gasteiger partial charge in [0, 0.05) is 36.3 Å². The molecule has 0 bridgehead atoms. The van der Waals surface area contributed by atoms with Crippen molar-refractivity contribution < 1.29 is 14.2 Å². The number of hydrogen-bond donors (Lipinski definition) is 1. The smallest absolute Gasteiger partial charge is 0.203 e. The molecule has 0 unspecified atom stereocenters. The summed E-state index contributed by atoms with van der Waals surface area (Å²) in [4.78, 5) is 2.48. The van der Waals surface area contributed by atoms with E-state index in [2.05, 4.69) is 22.0 Å². The molecule has 0 spiro atoms. The maximum absolute atomic E-state index is 5.70. The second-order valence-corrected chi connectivity index (χ2v) is 6.20. The fourth-order valence-electron chi connectivity index (χ4n) is 3.40. The molecule has 1 aliphatic heterocycles. The van der Waals surface area contributed by atoms with Gasteiger partial charge in [-0.05, 0) is 32.0 Å². The maximum atomic E-state index is 5.70. The summed E-state index contributed by atoms with van der Waals surface area (Å²) in [6, 6.07) is 3.95. The van der Waals surface area contributed by atoms with Crippen LogP contribution in [0.3, 0.4) is 0 Å². The summed E-state index contributed by atoms with van der Waals surface area (Å²) in [5.74, 6) is 1.96. The quantitative estimate of drug-likeness (QED) is 0.835. The van der Waals surface area contributed by atoms with E-state index < -0.39 is 0 Å². The van der Waals surface area contributed by atoms with Crippen LogP contribution >= 0.6 is 0 Å². The zero-order valence-corrected chi connectivity index (χ0v) is 15.5. The van der Waals surface area contributed by atoms with Crippen molar-refractivity contribution in [1.82, 2.24) is 15.1 Å². The summed E-state index contributed by atoms with van der Waals surface area (Å²) in [5.41, 5.74) is 4.45. The number of benzene rings is 1. The molecule has 2 aromatic rings. The van der Waals surface area contributed by atoms with Crippen molar-refractivity contribution in [1.29, 1.82) is 0 Å². The summed E-state index contributed by atoms with van der Waals surface area (Å²) in [6.45, 7) is 7.83. The van der Waals surface area contributed by atoms with E-state index in [-0.39, 0.29) is 0 Å². The highest BCUT2D eigenvalue weighted by atomic mass is 16.5. The van der Waals surface area contributed by atoms with Crippen LogP contribution in [-0.4, -0.2) is 49.0 Å². The normalized spacial score (nSPS) is 14.2. The molecule has 1 N–H and O–H groups in total. The minimum atomic E-state index is 0.551. The average molecular weight is 345 g/mol. The van der Waals surface area contributed by atoms with Gasteiger partial charge in [-0.25, -0.2) is 0 Å². The second-order valence-electron chi connectivity index (χ2n) is 6.20. The molecule has 6 nitrogen and oxygen atoms in total. The van der Waals surface area contributed by atoms with E-state index in [1.54, 1.807) is 14.2 Å². The first-order valence-corrected chi connectivity index (χ1v) is 8.89. The van der Waals surface area contributed by atoms with Crippen LogP contribution in [0.25, 0.3) is 11.3 Å². The van der Waals surface area contributed by atoms with Crippen molar-refractivity contribution in [3.8, 4) is 28.5 Å². The number of nitrogens with zero attached hydrogens (tertiary/aromatic N) is 2. The molecular weight excluding hydrogens is 318 g/mol. The van der Waals surface area contributed by atoms with Gasteiger partial charge in [-0.15, -0.1) is 0 Å². The van der Waals surface area contributed by atoms with E-state index in [0.717, 1.165) is 43.7 Å². The SMILES string of the molecule is CCCN1CCc2[nH]nc(-c3cc(OC)c(OCC)c(OC)c3)c2C1. The Kier molecular flexibility index (Phi) is 5.48. The molecule has 0 saturated carbocycles. The number of aromatic nitrogens is 2. The topological polar surface area (TPSA) is 59.6 Å². The minimum absolute atomic E-state index is 0.551. The first-order chi connectivity index (χ1) is 12.2. The van der Waals surface area contributed by atoms with Gasteiger partial charge < -0.3 is 14.2 Å². The number of fused-ring (bicyclic) bond motifs is 1. The lowest BCUT2D eigenvalue weighted by molar-refractivity contribution is 0.254. The number of nitrogens with one attached hydrogen (secondary N) is 1. The Labute approximate surface area is 149 Å². The van der Waals surface area contributed by atoms with Crippen LogP contribution in [0.1, 0.15) is 31.5 Å². The van der Waals surface area contributed by atoms with Crippen LogP contribution in [0.2, 0.25) is 0 Å². The third kappa shape index (κ3) is 3.44. The van der Waals surface area contributed by atoms with Crippen molar-refractivity contribution in [2.45, 2.75) is 33.2 Å². The number of aromatic amines is 1. The summed E-state index contributed by atoms with van der Waals surface area (Å²) >= 11 is 0. The Morgan fingerprint density at radius 3 is 2.48 bits per heavy atom. The Morgan fingerprint density at radius 2 is 1.88 bits per heavy atom. The van der Waals surface area contributed by atoms with E-state index in [0.29, 0.717) is 23.9 Å². The average Bonchev–Trinajstić information content (AvgIpc) is 3.05. The van der Waals surface area contributed by atoms with Crippen LogP contribution in [-0.2, 0) is 13.0 Å². The third-order valence-corrected chi connectivity index (χ3v) is 4.58. The fraction of sp³-hybridized carbons (Fsp3) is 0.526. The molecule has 0 fully saturated rings. The molecule has 0 amide bonds. The zero-order valence-electron chi connectivity index (χ0n) is 15.5. The molecule has 1 aromatic heterocycles. The number of ether oxygens (including phenoxy) is 3. The highest BCUT2D eigenvalue weighted by Gasteiger charge is 2.24. The van der Waals surface area contributed by atoms with E-state index in [9.17, 15) is 0 Å². The molecule has 0 radical (unpaired) electrons. The van der Waals surface area contributed by atoms with Crippen molar-refractivity contribution >= 4 is 0 Å². The van der Waals surface area contributed by atoms with Gasteiger partial charge in [0.05, 0.1) is 26.5 Å². The van der Waals surface area contributed by atoms with E-state index >= 15 is 0 Å². The molecule has 1 aliphatic rings. The van der Waals surface area contributed by atoms with Crippen LogP contribution in [0.5, 0.6) is 17.2 Å². The monoisotopic (exact) mass is 345 g/mol. The molecule has 3 rings (SSSR count). The number of rotatable bonds is 7. The van der Waals surface area contributed by atoms with Crippen molar-refractivity contribution in [2.75, 3.05) is 33.9 Å². The molecule has 2 heterocycles. The number of hydrogen-bond acceptors (Lipinski definition) is 5. The molecule has 6 heteroatoms. The van der Waals surface area contributed by atoms with Crippen molar-refractivity contribution in [3.63, 3.8) is 0 Å². The number of methoxy groups -OCH3 is 2. The third-order valence-electron chi connectivity index (χ3n) is 4.58. The van der Waals surface area contributed by atoms with E-state index in [1.165, 1.54) is 11.3 Å². The van der Waals surface area contributed by atoms with E-state index in [4.69, 9.17) is 14.2 Å². The minimum Gasteiger partial charge on any atom is -0.493 e. The summed E-state index contributed by atoms with van der Waals surface area (Å²) in [6.07, 6.45) is 2.17. The highest BCUT2D eigenvalue weighted by molar-refractivity contribution is 5.71. The standard InChI is InChI=1S/C19H27N3O3/c1-5-8-22-9-7-15-14(12-22)18(21-20-15)13-10-16(23-3)19(25-6-2)17(11-13)24-4/h10-11H,5-9,12H2,1-4H3,(H,20,21).